The number of fused-ring (bicyclic) bond motifs is 1. The molecule has 18 heavy (non-hydrogen) atoms. The third-order valence-electron chi connectivity index (χ3n) is 2.87. The van der Waals surface area contributed by atoms with Gasteiger partial charge in [-0.1, -0.05) is 30.3 Å². The van der Waals surface area contributed by atoms with Crippen LogP contribution in [0, 0.1) is 0 Å². The number of Topliss-reactive ketones (excluding diaryl/α,β-unsaturated/α-hetero) is 1. The molecule has 1 aliphatic rings. The second-order valence-electron chi connectivity index (χ2n) is 4.30. The molecule has 0 spiro atoms. The predicted octanol–water partition coefficient (Wildman–Crippen LogP) is 2.91. The van der Waals surface area contributed by atoms with E-state index in [1.54, 1.807) is 11.3 Å². The standard InChI is InChI=1S/C14H12N2OS/c15-13-8-12(17)11-7-10(18-14(11)16-13)6-9-4-2-1-3-5-9/h1-5,7H,6,8H2,(H2,15,16). The van der Waals surface area contributed by atoms with Gasteiger partial charge < -0.3 is 5.73 Å². The highest BCUT2D eigenvalue weighted by Gasteiger charge is 2.21. The number of carbonyl (C=O) groups is 1. The number of ketones is 1. The van der Waals surface area contributed by atoms with Crippen molar-refractivity contribution in [2.24, 2.45) is 10.7 Å². The van der Waals surface area contributed by atoms with Gasteiger partial charge in [-0.2, -0.15) is 0 Å². The van der Waals surface area contributed by atoms with E-state index in [4.69, 9.17) is 5.73 Å². The normalized spacial score (nSPS) is 14.2. The van der Waals surface area contributed by atoms with Crippen LogP contribution in [0.25, 0.3) is 0 Å². The monoisotopic (exact) mass is 256 g/mol. The van der Waals surface area contributed by atoms with Crippen molar-refractivity contribution in [2.45, 2.75) is 12.8 Å². The molecule has 0 unspecified atom stereocenters. The Balaban J connectivity index is 1.93. The van der Waals surface area contributed by atoms with Gasteiger partial charge in [0.05, 0.1) is 12.0 Å². The summed E-state index contributed by atoms with van der Waals surface area (Å²) >= 11 is 1.55. The first-order valence-electron chi connectivity index (χ1n) is 5.75. The molecule has 90 valence electrons. The van der Waals surface area contributed by atoms with E-state index < -0.39 is 0 Å². The molecule has 4 heteroatoms. The first-order valence-corrected chi connectivity index (χ1v) is 6.57. The zero-order valence-corrected chi connectivity index (χ0v) is 10.5. The van der Waals surface area contributed by atoms with Crippen LogP contribution in [0.2, 0.25) is 0 Å². The van der Waals surface area contributed by atoms with E-state index in [0.717, 1.165) is 21.9 Å². The third-order valence-corrected chi connectivity index (χ3v) is 3.90. The Morgan fingerprint density at radius 2 is 2.06 bits per heavy atom. The van der Waals surface area contributed by atoms with Gasteiger partial charge in [-0.15, -0.1) is 11.3 Å². The van der Waals surface area contributed by atoms with Gasteiger partial charge in [-0.3, -0.25) is 4.79 Å². The molecule has 2 N–H and O–H groups in total. The van der Waals surface area contributed by atoms with Crippen LogP contribution in [-0.4, -0.2) is 11.6 Å². The molecule has 0 saturated carbocycles. The van der Waals surface area contributed by atoms with Crippen LogP contribution in [0.1, 0.15) is 27.2 Å². The molecule has 0 fully saturated rings. The third kappa shape index (κ3) is 2.07. The first kappa shape index (κ1) is 11.2. The van der Waals surface area contributed by atoms with Crippen molar-refractivity contribution in [3.8, 4) is 0 Å². The second-order valence-corrected chi connectivity index (χ2v) is 5.41. The van der Waals surface area contributed by atoms with Gasteiger partial charge in [0.2, 0.25) is 0 Å². The van der Waals surface area contributed by atoms with E-state index >= 15 is 0 Å². The van der Waals surface area contributed by atoms with Gasteiger partial charge in [-0.05, 0) is 11.6 Å². The van der Waals surface area contributed by atoms with Gasteiger partial charge >= 0.3 is 0 Å². The molecule has 0 amide bonds. The molecule has 0 radical (unpaired) electrons. The summed E-state index contributed by atoms with van der Waals surface area (Å²) < 4.78 is 0. The number of hydrogen-bond donors (Lipinski definition) is 1. The first-order chi connectivity index (χ1) is 8.72. The summed E-state index contributed by atoms with van der Waals surface area (Å²) in [4.78, 5) is 17.2. The highest BCUT2D eigenvalue weighted by molar-refractivity contribution is 7.16. The van der Waals surface area contributed by atoms with Crippen LogP contribution in [-0.2, 0) is 6.42 Å². The van der Waals surface area contributed by atoms with Crippen LogP contribution in [0.4, 0.5) is 5.00 Å². The van der Waals surface area contributed by atoms with E-state index in [2.05, 4.69) is 17.1 Å². The van der Waals surface area contributed by atoms with Crippen molar-refractivity contribution in [3.63, 3.8) is 0 Å². The van der Waals surface area contributed by atoms with E-state index in [1.807, 2.05) is 24.3 Å². The Kier molecular flexibility index (Phi) is 2.72. The fraction of sp³-hybridized carbons (Fsp3) is 0.143. The average Bonchev–Trinajstić information content (AvgIpc) is 2.73. The summed E-state index contributed by atoms with van der Waals surface area (Å²) in [7, 11) is 0. The van der Waals surface area contributed by atoms with Crippen molar-refractivity contribution in [1.29, 1.82) is 0 Å². The van der Waals surface area contributed by atoms with Crippen molar-refractivity contribution in [3.05, 3.63) is 52.4 Å². The summed E-state index contributed by atoms with van der Waals surface area (Å²) in [6.45, 7) is 0. The Labute approximate surface area is 109 Å². The number of hydrogen-bond acceptors (Lipinski definition) is 4. The number of amidine groups is 1. The Hall–Kier alpha value is -1.94. The molecule has 0 bridgehead atoms. The molecule has 1 aliphatic heterocycles. The molecule has 0 aliphatic carbocycles. The molecular formula is C14H12N2OS. The fourth-order valence-corrected chi connectivity index (χ4v) is 3.14. The lowest BCUT2D eigenvalue weighted by molar-refractivity contribution is 0.1000. The molecule has 1 aromatic carbocycles. The van der Waals surface area contributed by atoms with Crippen LogP contribution < -0.4 is 5.73 Å². The van der Waals surface area contributed by atoms with Gasteiger partial charge in [0.15, 0.2) is 5.78 Å². The summed E-state index contributed by atoms with van der Waals surface area (Å²) in [6.07, 6.45) is 1.08. The van der Waals surface area contributed by atoms with Gasteiger partial charge in [-0.25, -0.2) is 4.99 Å². The molecule has 1 aromatic heterocycles. The highest BCUT2D eigenvalue weighted by Crippen LogP contribution is 2.35. The lowest BCUT2D eigenvalue weighted by atomic mass is 10.1. The lowest BCUT2D eigenvalue weighted by Crippen LogP contribution is -2.19. The highest BCUT2D eigenvalue weighted by atomic mass is 32.1. The number of nitrogens with zero attached hydrogens (tertiary/aromatic N) is 1. The molecular weight excluding hydrogens is 244 g/mol. The van der Waals surface area contributed by atoms with Crippen molar-refractivity contribution in [1.82, 2.24) is 0 Å². The maximum Gasteiger partial charge on any atom is 0.173 e. The number of aliphatic imine (C=N–C) groups is 1. The smallest absolute Gasteiger partial charge is 0.173 e. The van der Waals surface area contributed by atoms with Crippen LogP contribution in [0.3, 0.4) is 0 Å². The fourth-order valence-electron chi connectivity index (χ4n) is 2.03. The minimum absolute atomic E-state index is 0.0769. The Morgan fingerprint density at radius 1 is 1.28 bits per heavy atom. The molecule has 3 nitrogen and oxygen atoms in total. The van der Waals surface area contributed by atoms with Crippen molar-refractivity contribution < 1.29 is 4.79 Å². The Morgan fingerprint density at radius 3 is 2.83 bits per heavy atom. The SMILES string of the molecule is NC1=Nc2sc(Cc3ccccc3)cc2C(=O)C1. The van der Waals surface area contributed by atoms with Gasteiger partial charge in [0, 0.05) is 11.3 Å². The molecule has 2 heterocycles. The van der Waals surface area contributed by atoms with E-state index in [0.29, 0.717) is 5.84 Å². The summed E-state index contributed by atoms with van der Waals surface area (Å²) in [5, 5.41) is 0.759. The molecule has 0 atom stereocenters. The lowest BCUT2D eigenvalue weighted by Gasteiger charge is -2.05. The molecule has 3 rings (SSSR count). The van der Waals surface area contributed by atoms with E-state index in [-0.39, 0.29) is 12.2 Å². The predicted molar refractivity (Wildman–Crippen MR) is 73.8 cm³/mol. The second kappa shape index (κ2) is 4.38. The van der Waals surface area contributed by atoms with Gasteiger partial charge in [0.25, 0.3) is 0 Å². The minimum atomic E-state index is 0.0769. The topological polar surface area (TPSA) is 55.4 Å². The summed E-state index contributed by atoms with van der Waals surface area (Å²) in [6, 6.07) is 12.1. The van der Waals surface area contributed by atoms with Crippen molar-refractivity contribution in [2.75, 3.05) is 0 Å². The van der Waals surface area contributed by atoms with E-state index in [1.165, 1.54) is 5.56 Å². The molecule has 2 aromatic rings. The number of benzene rings is 1. The zero-order chi connectivity index (χ0) is 12.5. The number of rotatable bonds is 2. The van der Waals surface area contributed by atoms with E-state index in [9.17, 15) is 4.79 Å². The Bertz CT molecular complexity index is 628. The van der Waals surface area contributed by atoms with Gasteiger partial charge in [0.1, 0.15) is 10.8 Å². The number of nitrogens with two attached hydrogens (primary N) is 1. The maximum absolute atomic E-state index is 11.8. The number of thiophene rings is 1. The van der Waals surface area contributed by atoms with Crippen LogP contribution >= 0.6 is 11.3 Å². The van der Waals surface area contributed by atoms with Crippen LogP contribution in [0.5, 0.6) is 0 Å². The number of carbonyl (C=O) groups excluding carboxylic acids is 1. The summed E-state index contributed by atoms with van der Waals surface area (Å²) in [5.74, 6) is 0.494. The summed E-state index contributed by atoms with van der Waals surface area (Å²) in [5.41, 5.74) is 7.60. The van der Waals surface area contributed by atoms with Crippen LogP contribution in [0.15, 0.2) is 41.4 Å². The maximum atomic E-state index is 11.8. The average molecular weight is 256 g/mol. The quantitative estimate of drug-likeness (QED) is 0.898. The molecule has 0 saturated heterocycles. The largest absolute Gasteiger partial charge is 0.387 e. The zero-order valence-electron chi connectivity index (χ0n) is 9.72. The minimum Gasteiger partial charge on any atom is -0.387 e. The van der Waals surface area contributed by atoms with Crippen molar-refractivity contribution >= 4 is 28.0 Å².